The van der Waals surface area contributed by atoms with E-state index in [2.05, 4.69) is 25.7 Å². The maximum atomic E-state index is 10.9. The standard InChI is InChI=1S/C8H7BrN2O4/c1-4-2-3-10-6(5(4)9)15-8(14)11-7(12)13/h2-3H,1H3,(H,11,14)(H,12,13). The number of aromatic nitrogens is 1. The van der Waals surface area contributed by atoms with Gasteiger partial charge in [0.15, 0.2) is 0 Å². The van der Waals surface area contributed by atoms with Crippen LogP contribution in [0.15, 0.2) is 16.7 Å². The van der Waals surface area contributed by atoms with E-state index in [1.165, 1.54) is 11.5 Å². The number of aryl methyl sites for hydroxylation is 1. The zero-order valence-corrected chi connectivity index (χ0v) is 9.24. The molecule has 0 spiro atoms. The maximum Gasteiger partial charge on any atom is 0.423 e. The van der Waals surface area contributed by atoms with Crippen LogP contribution in [0, 0.1) is 6.92 Å². The molecule has 2 N–H and O–H groups in total. The molecule has 0 saturated carbocycles. The third-order valence-electron chi connectivity index (χ3n) is 1.45. The van der Waals surface area contributed by atoms with Gasteiger partial charge in [-0.15, -0.1) is 0 Å². The lowest BCUT2D eigenvalue weighted by atomic mass is 10.3. The Morgan fingerprint density at radius 1 is 1.60 bits per heavy atom. The van der Waals surface area contributed by atoms with E-state index in [4.69, 9.17) is 5.11 Å². The third-order valence-corrected chi connectivity index (χ3v) is 2.41. The van der Waals surface area contributed by atoms with Crippen molar-refractivity contribution < 1.29 is 19.4 Å². The van der Waals surface area contributed by atoms with Crippen LogP contribution in [0.5, 0.6) is 5.88 Å². The molecule has 6 nitrogen and oxygen atoms in total. The second-order valence-corrected chi connectivity index (χ2v) is 3.36. The number of carbonyl (C=O) groups is 2. The molecule has 1 aromatic heterocycles. The van der Waals surface area contributed by atoms with Crippen LogP contribution in [0.1, 0.15) is 5.56 Å². The highest BCUT2D eigenvalue weighted by molar-refractivity contribution is 9.10. The first kappa shape index (κ1) is 11.4. The van der Waals surface area contributed by atoms with Gasteiger partial charge in [-0.1, -0.05) is 0 Å². The minimum atomic E-state index is -1.48. The molecule has 0 unspecified atom stereocenters. The summed E-state index contributed by atoms with van der Waals surface area (Å²) in [5.74, 6) is 0.0220. The number of ether oxygens (including phenoxy) is 1. The summed E-state index contributed by atoms with van der Waals surface area (Å²) >= 11 is 3.16. The molecule has 7 heteroatoms. The average Bonchev–Trinajstić information content (AvgIpc) is 2.11. The van der Waals surface area contributed by atoms with Gasteiger partial charge in [0.25, 0.3) is 0 Å². The van der Waals surface area contributed by atoms with E-state index in [1.54, 1.807) is 13.0 Å². The number of carboxylic acid groups (broad SMARTS) is 1. The first-order valence-corrected chi connectivity index (χ1v) is 4.63. The van der Waals surface area contributed by atoms with Crippen molar-refractivity contribution in [3.63, 3.8) is 0 Å². The van der Waals surface area contributed by atoms with Crippen LogP contribution in [0.3, 0.4) is 0 Å². The number of nitrogens with one attached hydrogen (secondary N) is 1. The summed E-state index contributed by atoms with van der Waals surface area (Å²) in [5, 5.41) is 9.77. The summed E-state index contributed by atoms with van der Waals surface area (Å²) in [6.07, 6.45) is -1.13. The minimum absolute atomic E-state index is 0.0220. The smallest absolute Gasteiger partial charge is 0.423 e. The molecule has 0 aliphatic carbocycles. The molecule has 0 aromatic carbocycles. The molecular weight excluding hydrogens is 268 g/mol. The molecule has 0 radical (unpaired) electrons. The van der Waals surface area contributed by atoms with Crippen molar-refractivity contribution in [3.8, 4) is 5.88 Å². The van der Waals surface area contributed by atoms with E-state index < -0.39 is 12.2 Å². The van der Waals surface area contributed by atoms with E-state index in [9.17, 15) is 9.59 Å². The van der Waals surface area contributed by atoms with Crippen LogP contribution in [0.4, 0.5) is 9.59 Å². The Balaban J connectivity index is 2.77. The molecule has 2 amide bonds. The molecule has 0 bridgehead atoms. The molecule has 15 heavy (non-hydrogen) atoms. The number of amides is 2. The summed E-state index contributed by atoms with van der Waals surface area (Å²) in [6, 6.07) is 1.71. The lowest BCUT2D eigenvalue weighted by molar-refractivity contribution is 0.176. The summed E-state index contributed by atoms with van der Waals surface area (Å²) in [5.41, 5.74) is 0.822. The molecule has 80 valence electrons. The molecular formula is C8H7BrN2O4. The predicted octanol–water partition coefficient (Wildman–Crippen LogP) is 1.92. The van der Waals surface area contributed by atoms with Gasteiger partial charge in [0.2, 0.25) is 5.88 Å². The van der Waals surface area contributed by atoms with Gasteiger partial charge in [-0.3, -0.25) is 0 Å². The number of hydrogen-bond acceptors (Lipinski definition) is 4. The van der Waals surface area contributed by atoms with E-state index in [-0.39, 0.29) is 5.88 Å². The molecule has 0 atom stereocenters. The van der Waals surface area contributed by atoms with Crippen LogP contribution in [-0.4, -0.2) is 22.3 Å². The summed E-state index contributed by atoms with van der Waals surface area (Å²) in [4.78, 5) is 24.8. The van der Waals surface area contributed by atoms with Gasteiger partial charge in [0, 0.05) is 6.20 Å². The normalized spacial score (nSPS) is 9.47. The van der Waals surface area contributed by atoms with Gasteiger partial charge >= 0.3 is 12.2 Å². The van der Waals surface area contributed by atoms with E-state index >= 15 is 0 Å². The van der Waals surface area contributed by atoms with Gasteiger partial charge in [-0.05, 0) is 34.5 Å². The lowest BCUT2D eigenvalue weighted by Gasteiger charge is -2.05. The van der Waals surface area contributed by atoms with Crippen molar-refractivity contribution in [2.24, 2.45) is 0 Å². The highest BCUT2D eigenvalue weighted by Crippen LogP contribution is 2.25. The highest BCUT2D eigenvalue weighted by Gasteiger charge is 2.12. The van der Waals surface area contributed by atoms with Crippen molar-refractivity contribution in [3.05, 3.63) is 22.3 Å². The molecule has 0 aliphatic heterocycles. The number of hydrogen-bond donors (Lipinski definition) is 2. The Hall–Kier alpha value is -1.63. The maximum absolute atomic E-state index is 10.9. The summed E-state index contributed by atoms with van der Waals surface area (Å²) < 4.78 is 5.15. The molecule has 0 saturated heterocycles. The number of halogens is 1. The topological polar surface area (TPSA) is 88.5 Å². The highest BCUT2D eigenvalue weighted by atomic mass is 79.9. The van der Waals surface area contributed by atoms with Crippen LogP contribution in [0.25, 0.3) is 0 Å². The van der Waals surface area contributed by atoms with Crippen LogP contribution < -0.4 is 10.1 Å². The second kappa shape index (κ2) is 4.74. The average molecular weight is 275 g/mol. The van der Waals surface area contributed by atoms with Crippen molar-refractivity contribution in [1.82, 2.24) is 10.3 Å². The second-order valence-electron chi connectivity index (χ2n) is 2.57. The molecule has 0 fully saturated rings. The van der Waals surface area contributed by atoms with E-state index in [1.807, 2.05) is 0 Å². The number of pyridine rings is 1. The number of carbonyl (C=O) groups excluding carboxylic acids is 1. The summed E-state index contributed by atoms with van der Waals surface area (Å²) in [7, 11) is 0. The Labute approximate surface area is 93.4 Å². The van der Waals surface area contributed by atoms with Crippen molar-refractivity contribution in [2.75, 3.05) is 0 Å². The Bertz CT molecular complexity index is 408. The molecule has 0 aliphatic rings. The first-order chi connectivity index (χ1) is 7.00. The monoisotopic (exact) mass is 274 g/mol. The fraction of sp³-hybridized carbons (Fsp3) is 0.125. The largest absolute Gasteiger partial charge is 0.465 e. The van der Waals surface area contributed by atoms with Crippen LogP contribution >= 0.6 is 15.9 Å². The zero-order chi connectivity index (χ0) is 11.4. The van der Waals surface area contributed by atoms with E-state index in [0.29, 0.717) is 4.47 Å². The minimum Gasteiger partial charge on any atom is -0.465 e. The van der Waals surface area contributed by atoms with Crippen molar-refractivity contribution in [1.29, 1.82) is 0 Å². The number of nitrogens with zero attached hydrogens (tertiary/aromatic N) is 1. The molecule has 1 rings (SSSR count). The van der Waals surface area contributed by atoms with Gasteiger partial charge in [0.05, 0.1) is 4.47 Å². The van der Waals surface area contributed by atoms with Crippen molar-refractivity contribution >= 4 is 28.1 Å². The van der Waals surface area contributed by atoms with E-state index in [0.717, 1.165) is 5.56 Å². The Morgan fingerprint density at radius 2 is 2.27 bits per heavy atom. The third kappa shape index (κ3) is 3.21. The fourth-order valence-electron chi connectivity index (χ4n) is 0.787. The van der Waals surface area contributed by atoms with Gasteiger partial charge < -0.3 is 9.84 Å². The van der Waals surface area contributed by atoms with Gasteiger partial charge in [-0.25, -0.2) is 19.9 Å². The van der Waals surface area contributed by atoms with Gasteiger partial charge in [0.1, 0.15) is 0 Å². The fourth-order valence-corrected chi connectivity index (χ4v) is 1.10. The Morgan fingerprint density at radius 3 is 2.87 bits per heavy atom. The molecule has 1 aromatic rings. The lowest BCUT2D eigenvalue weighted by Crippen LogP contribution is -2.31. The number of rotatable bonds is 1. The molecule has 1 heterocycles. The SMILES string of the molecule is Cc1ccnc(OC(=O)NC(=O)O)c1Br. The zero-order valence-electron chi connectivity index (χ0n) is 7.65. The summed E-state index contributed by atoms with van der Waals surface area (Å²) in [6.45, 7) is 1.79. The predicted molar refractivity (Wildman–Crippen MR) is 53.9 cm³/mol. The van der Waals surface area contributed by atoms with Gasteiger partial charge in [-0.2, -0.15) is 0 Å². The number of imide groups is 1. The Kier molecular flexibility index (Phi) is 3.62. The van der Waals surface area contributed by atoms with Crippen LogP contribution in [-0.2, 0) is 0 Å². The quantitative estimate of drug-likeness (QED) is 0.817. The van der Waals surface area contributed by atoms with Crippen LogP contribution in [0.2, 0.25) is 0 Å². The van der Waals surface area contributed by atoms with Crippen molar-refractivity contribution in [2.45, 2.75) is 6.92 Å². The first-order valence-electron chi connectivity index (χ1n) is 3.83.